The number of nitrogens with one attached hydrogen (secondary N) is 1. The van der Waals surface area contributed by atoms with Gasteiger partial charge in [-0.1, -0.05) is 49.6 Å². The molecule has 1 N–H and O–H groups in total. The largest absolute Gasteiger partial charge is 0.271 e. The van der Waals surface area contributed by atoms with Crippen molar-refractivity contribution in [2.24, 2.45) is 11.0 Å². The fraction of sp³-hybridized carbons (Fsp3) is 0.316. The van der Waals surface area contributed by atoms with E-state index in [-0.39, 0.29) is 5.91 Å². The number of hydrazone groups is 1. The van der Waals surface area contributed by atoms with Gasteiger partial charge in [0, 0.05) is 23.9 Å². The van der Waals surface area contributed by atoms with Gasteiger partial charge in [-0.05, 0) is 30.5 Å². The van der Waals surface area contributed by atoms with Gasteiger partial charge in [-0.15, -0.1) is 0 Å². The smallest absolute Gasteiger partial charge is 0.267 e. The van der Waals surface area contributed by atoms with E-state index in [1.807, 2.05) is 18.2 Å². The van der Waals surface area contributed by atoms with Crippen LogP contribution >= 0.6 is 0 Å². The average Bonchev–Trinajstić information content (AvgIpc) is 2.64. The Balaban J connectivity index is 1.81. The van der Waals surface area contributed by atoms with Crippen molar-refractivity contribution in [1.29, 1.82) is 0 Å². The van der Waals surface area contributed by atoms with Crippen molar-refractivity contribution in [2.45, 2.75) is 32.1 Å². The fourth-order valence-electron chi connectivity index (χ4n) is 3.06. The lowest BCUT2D eigenvalue weighted by Crippen LogP contribution is -2.25. The van der Waals surface area contributed by atoms with E-state index < -0.39 is 0 Å². The normalized spacial score (nSPS) is 16.1. The summed E-state index contributed by atoms with van der Waals surface area (Å²) < 4.78 is 0. The van der Waals surface area contributed by atoms with Crippen LogP contribution < -0.4 is 5.43 Å². The first-order chi connectivity index (χ1) is 11.3. The Kier molecular flexibility index (Phi) is 5.14. The number of pyridine rings is 1. The second-order valence-corrected chi connectivity index (χ2v) is 5.87. The van der Waals surface area contributed by atoms with Crippen LogP contribution in [0.2, 0.25) is 0 Å². The molecule has 1 aliphatic rings. The van der Waals surface area contributed by atoms with E-state index >= 15 is 0 Å². The molecule has 3 rings (SSSR count). The SMILES string of the molecule is O=C(N/N=C(/c1ccccc1)C1CCCCC1)c1ccncc1. The number of hydrogen-bond acceptors (Lipinski definition) is 3. The van der Waals surface area contributed by atoms with Gasteiger partial charge in [0.25, 0.3) is 5.91 Å². The van der Waals surface area contributed by atoms with Gasteiger partial charge in [-0.25, -0.2) is 5.43 Å². The van der Waals surface area contributed by atoms with Crippen molar-refractivity contribution in [1.82, 2.24) is 10.4 Å². The molecule has 0 atom stereocenters. The fourth-order valence-corrected chi connectivity index (χ4v) is 3.06. The molecule has 1 saturated carbocycles. The van der Waals surface area contributed by atoms with Crippen LogP contribution in [0.3, 0.4) is 0 Å². The highest BCUT2D eigenvalue weighted by Crippen LogP contribution is 2.27. The maximum atomic E-state index is 12.2. The number of benzene rings is 1. The van der Waals surface area contributed by atoms with Crippen LogP contribution in [0.5, 0.6) is 0 Å². The van der Waals surface area contributed by atoms with Gasteiger partial charge in [0.1, 0.15) is 0 Å². The second-order valence-electron chi connectivity index (χ2n) is 5.87. The zero-order chi connectivity index (χ0) is 15.9. The van der Waals surface area contributed by atoms with Crippen molar-refractivity contribution < 1.29 is 4.79 Å². The van der Waals surface area contributed by atoms with E-state index in [2.05, 4.69) is 27.6 Å². The van der Waals surface area contributed by atoms with Crippen LogP contribution in [-0.2, 0) is 0 Å². The molecule has 1 aromatic carbocycles. The molecule has 118 valence electrons. The van der Waals surface area contributed by atoms with Crippen molar-refractivity contribution in [2.75, 3.05) is 0 Å². The average molecular weight is 307 g/mol. The number of aromatic nitrogens is 1. The molecule has 1 fully saturated rings. The van der Waals surface area contributed by atoms with E-state index in [1.54, 1.807) is 24.5 Å². The Hall–Kier alpha value is -2.49. The quantitative estimate of drug-likeness (QED) is 0.690. The van der Waals surface area contributed by atoms with Gasteiger partial charge in [0.05, 0.1) is 5.71 Å². The van der Waals surface area contributed by atoms with Crippen molar-refractivity contribution in [3.05, 3.63) is 66.0 Å². The topological polar surface area (TPSA) is 54.4 Å². The van der Waals surface area contributed by atoms with Gasteiger partial charge in [-0.3, -0.25) is 9.78 Å². The molecular formula is C19H21N3O. The number of amides is 1. The molecule has 23 heavy (non-hydrogen) atoms. The predicted octanol–water partition coefficient (Wildman–Crippen LogP) is 3.80. The maximum Gasteiger partial charge on any atom is 0.271 e. The highest BCUT2D eigenvalue weighted by atomic mass is 16.2. The third-order valence-corrected chi connectivity index (χ3v) is 4.28. The molecule has 4 heteroatoms. The van der Waals surface area contributed by atoms with Crippen molar-refractivity contribution >= 4 is 11.6 Å². The lowest BCUT2D eigenvalue weighted by molar-refractivity contribution is 0.0954. The van der Waals surface area contributed by atoms with Gasteiger partial charge in [0.15, 0.2) is 0 Å². The Labute approximate surface area is 136 Å². The van der Waals surface area contributed by atoms with Gasteiger partial charge in [-0.2, -0.15) is 5.10 Å². The first-order valence-corrected chi connectivity index (χ1v) is 8.18. The van der Waals surface area contributed by atoms with Gasteiger partial charge < -0.3 is 0 Å². The molecule has 1 aliphatic carbocycles. The minimum atomic E-state index is -0.198. The number of carbonyl (C=O) groups is 1. The first kappa shape index (κ1) is 15.4. The maximum absolute atomic E-state index is 12.2. The minimum absolute atomic E-state index is 0.198. The number of carbonyl (C=O) groups excluding carboxylic acids is 1. The lowest BCUT2D eigenvalue weighted by atomic mass is 9.83. The molecule has 1 aromatic heterocycles. The summed E-state index contributed by atoms with van der Waals surface area (Å²) in [7, 11) is 0. The molecule has 0 radical (unpaired) electrons. The summed E-state index contributed by atoms with van der Waals surface area (Å²) in [5.74, 6) is 0.223. The summed E-state index contributed by atoms with van der Waals surface area (Å²) in [5, 5.41) is 4.49. The summed E-state index contributed by atoms with van der Waals surface area (Å²) in [5.41, 5.74) is 5.37. The van der Waals surface area contributed by atoms with E-state index in [4.69, 9.17) is 0 Å². The molecule has 4 nitrogen and oxygen atoms in total. The molecule has 1 amide bonds. The molecule has 0 saturated heterocycles. The number of hydrogen-bond donors (Lipinski definition) is 1. The van der Waals surface area contributed by atoms with Crippen LogP contribution in [0, 0.1) is 5.92 Å². The first-order valence-electron chi connectivity index (χ1n) is 8.18. The summed E-state index contributed by atoms with van der Waals surface area (Å²) in [6.07, 6.45) is 9.25. The van der Waals surface area contributed by atoms with E-state index in [1.165, 1.54) is 19.3 Å². The second kappa shape index (κ2) is 7.68. The third kappa shape index (κ3) is 4.03. The van der Waals surface area contributed by atoms with E-state index in [0.717, 1.165) is 24.1 Å². The molecule has 1 heterocycles. The predicted molar refractivity (Wildman–Crippen MR) is 91.3 cm³/mol. The summed E-state index contributed by atoms with van der Waals surface area (Å²) in [6.45, 7) is 0. The summed E-state index contributed by atoms with van der Waals surface area (Å²) in [6, 6.07) is 13.5. The molecule has 0 bridgehead atoms. The molecule has 0 aliphatic heterocycles. The Morgan fingerprint density at radius 3 is 2.35 bits per heavy atom. The van der Waals surface area contributed by atoms with Crippen LogP contribution in [-0.4, -0.2) is 16.6 Å². The van der Waals surface area contributed by atoms with Crippen LogP contribution in [0.25, 0.3) is 0 Å². The number of rotatable bonds is 4. The Morgan fingerprint density at radius 1 is 0.957 bits per heavy atom. The molecule has 2 aromatic rings. The Morgan fingerprint density at radius 2 is 1.65 bits per heavy atom. The van der Waals surface area contributed by atoms with Crippen LogP contribution in [0.15, 0.2) is 60.0 Å². The minimum Gasteiger partial charge on any atom is -0.267 e. The lowest BCUT2D eigenvalue weighted by Gasteiger charge is -2.23. The standard InChI is InChI=1S/C19H21N3O/c23-19(17-11-13-20-14-12-17)22-21-18(15-7-3-1-4-8-15)16-9-5-2-6-10-16/h1,3-4,7-8,11-14,16H,2,5-6,9-10H2,(H,22,23)/b21-18-. The molecular weight excluding hydrogens is 286 g/mol. The van der Waals surface area contributed by atoms with Gasteiger partial charge in [0.2, 0.25) is 0 Å². The zero-order valence-corrected chi connectivity index (χ0v) is 13.1. The van der Waals surface area contributed by atoms with Gasteiger partial charge >= 0.3 is 0 Å². The summed E-state index contributed by atoms with van der Waals surface area (Å²) in [4.78, 5) is 16.1. The molecule has 0 unspecified atom stereocenters. The van der Waals surface area contributed by atoms with E-state index in [9.17, 15) is 4.79 Å². The monoisotopic (exact) mass is 307 g/mol. The third-order valence-electron chi connectivity index (χ3n) is 4.28. The summed E-state index contributed by atoms with van der Waals surface area (Å²) >= 11 is 0. The van der Waals surface area contributed by atoms with Crippen LogP contribution in [0.1, 0.15) is 48.0 Å². The van der Waals surface area contributed by atoms with Crippen molar-refractivity contribution in [3.8, 4) is 0 Å². The molecule has 0 spiro atoms. The van der Waals surface area contributed by atoms with Crippen molar-refractivity contribution in [3.63, 3.8) is 0 Å². The highest BCUT2D eigenvalue weighted by Gasteiger charge is 2.21. The van der Waals surface area contributed by atoms with E-state index in [0.29, 0.717) is 11.5 Å². The van der Waals surface area contributed by atoms with Crippen LogP contribution in [0.4, 0.5) is 0 Å². The Bertz CT molecular complexity index is 662. The zero-order valence-electron chi connectivity index (χ0n) is 13.1. The highest BCUT2D eigenvalue weighted by molar-refractivity contribution is 6.03. The number of nitrogens with zero attached hydrogens (tertiary/aromatic N) is 2.